The zero-order chi connectivity index (χ0) is 10.0. The Kier molecular flexibility index (Phi) is 2.66. The summed E-state index contributed by atoms with van der Waals surface area (Å²) < 4.78 is 1.81. The summed E-state index contributed by atoms with van der Waals surface area (Å²) in [5.74, 6) is 0.0580. The van der Waals surface area contributed by atoms with Gasteiger partial charge in [-0.2, -0.15) is 5.10 Å². The Morgan fingerprint density at radius 1 is 1.46 bits per heavy atom. The molecule has 0 atom stereocenters. The summed E-state index contributed by atoms with van der Waals surface area (Å²) in [6.45, 7) is 5.46. The van der Waals surface area contributed by atoms with Crippen molar-refractivity contribution in [3.63, 3.8) is 0 Å². The molecule has 3 nitrogen and oxygen atoms in total. The van der Waals surface area contributed by atoms with Crippen molar-refractivity contribution in [3.05, 3.63) is 23.0 Å². The Hall–Kier alpha value is -1.38. The van der Waals surface area contributed by atoms with E-state index in [0.29, 0.717) is 0 Å². The highest BCUT2D eigenvalue weighted by molar-refractivity contribution is 5.91. The van der Waals surface area contributed by atoms with Gasteiger partial charge in [0.1, 0.15) is 0 Å². The summed E-state index contributed by atoms with van der Waals surface area (Å²) in [5.41, 5.74) is 3.07. The largest absolute Gasteiger partial charge is 0.295 e. The van der Waals surface area contributed by atoms with Crippen molar-refractivity contribution in [2.75, 3.05) is 0 Å². The van der Waals surface area contributed by atoms with Crippen LogP contribution in [0, 0.1) is 13.8 Å². The fourth-order valence-corrected chi connectivity index (χ4v) is 1.23. The predicted molar refractivity (Wildman–Crippen MR) is 52.4 cm³/mol. The van der Waals surface area contributed by atoms with E-state index in [2.05, 4.69) is 5.10 Å². The van der Waals surface area contributed by atoms with Gasteiger partial charge in [0.05, 0.1) is 5.69 Å². The molecule has 0 aliphatic rings. The summed E-state index contributed by atoms with van der Waals surface area (Å²) in [6, 6.07) is 0. The first-order valence-corrected chi connectivity index (χ1v) is 4.21. The van der Waals surface area contributed by atoms with Gasteiger partial charge < -0.3 is 0 Å². The van der Waals surface area contributed by atoms with Gasteiger partial charge in [-0.05, 0) is 32.9 Å². The maximum atomic E-state index is 10.7. The summed E-state index contributed by atoms with van der Waals surface area (Å²) in [6.07, 6.45) is 3.39. The van der Waals surface area contributed by atoms with E-state index < -0.39 is 0 Å². The SMILES string of the molecule is CC(=O)C=Cc1c(C)nn(C)c1C. The minimum atomic E-state index is 0.0580. The Morgan fingerprint density at radius 2 is 2.08 bits per heavy atom. The maximum absolute atomic E-state index is 10.7. The molecule has 0 aromatic carbocycles. The highest BCUT2D eigenvalue weighted by Gasteiger charge is 2.05. The standard InChI is InChI=1S/C10H14N2O/c1-7(13)5-6-10-8(2)11-12(4)9(10)3/h5-6H,1-4H3. The monoisotopic (exact) mass is 178 g/mol. The van der Waals surface area contributed by atoms with Crippen LogP contribution in [-0.4, -0.2) is 15.6 Å². The molecule has 0 unspecified atom stereocenters. The van der Waals surface area contributed by atoms with Crippen LogP contribution in [-0.2, 0) is 11.8 Å². The van der Waals surface area contributed by atoms with Crippen molar-refractivity contribution in [2.24, 2.45) is 7.05 Å². The van der Waals surface area contributed by atoms with Gasteiger partial charge in [0.15, 0.2) is 5.78 Å². The van der Waals surface area contributed by atoms with Crippen molar-refractivity contribution < 1.29 is 4.79 Å². The molecule has 0 N–H and O–H groups in total. The van der Waals surface area contributed by atoms with Crippen molar-refractivity contribution in [1.29, 1.82) is 0 Å². The number of rotatable bonds is 2. The summed E-state index contributed by atoms with van der Waals surface area (Å²) in [4.78, 5) is 10.7. The van der Waals surface area contributed by atoms with E-state index in [-0.39, 0.29) is 5.78 Å². The normalized spacial score (nSPS) is 11.1. The van der Waals surface area contributed by atoms with Gasteiger partial charge in [0.25, 0.3) is 0 Å². The zero-order valence-electron chi connectivity index (χ0n) is 8.46. The van der Waals surface area contributed by atoms with Gasteiger partial charge in [-0.15, -0.1) is 0 Å². The first kappa shape index (κ1) is 9.71. The van der Waals surface area contributed by atoms with E-state index in [1.54, 1.807) is 6.08 Å². The minimum Gasteiger partial charge on any atom is -0.295 e. The zero-order valence-corrected chi connectivity index (χ0v) is 8.46. The number of aromatic nitrogens is 2. The topological polar surface area (TPSA) is 34.9 Å². The van der Waals surface area contributed by atoms with Gasteiger partial charge in [-0.3, -0.25) is 9.48 Å². The molecular weight excluding hydrogens is 164 g/mol. The summed E-state index contributed by atoms with van der Waals surface area (Å²) in [5, 5.41) is 4.24. The molecule has 0 amide bonds. The highest BCUT2D eigenvalue weighted by atomic mass is 16.1. The molecule has 0 aliphatic carbocycles. The average molecular weight is 178 g/mol. The fraction of sp³-hybridized carbons (Fsp3) is 0.400. The number of carbonyl (C=O) groups is 1. The van der Waals surface area contributed by atoms with E-state index in [4.69, 9.17) is 0 Å². The van der Waals surface area contributed by atoms with Crippen LogP contribution in [0.2, 0.25) is 0 Å². The lowest BCUT2D eigenvalue weighted by molar-refractivity contribution is -0.112. The molecular formula is C10H14N2O. The van der Waals surface area contributed by atoms with Crippen molar-refractivity contribution in [3.8, 4) is 0 Å². The molecule has 1 rings (SSSR count). The van der Waals surface area contributed by atoms with Crippen LogP contribution in [0.1, 0.15) is 23.9 Å². The number of hydrogen-bond donors (Lipinski definition) is 0. The molecule has 1 aromatic rings. The van der Waals surface area contributed by atoms with E-state index in [1.807, 2.05) is 31.7 Å². The van der Waals surface area contributed by atoms with E-state index in [0.717, 1.165) is 17.0 Å². The predicted octanol–water partition coefficient (Wildman–Crippen LogP) is 1.64. The molecule has 0 fully saturated rings. The maximum Gasteiger partial charge on any atom is 0.152 e. The summed E-state index contributed by atoms with van der Waals surface area (Å²) in [7, 11) is 1.90. The first-order chi connectivity index (χ1) is 6.02. The number of hydrogen-bond acceptors (Lipinski definition) is 2. The van der Waals surface area contributed by atoms with Gasteiger partial charge in [0, 0.05) is 18.3 Å². The van der Waals surface area contributed by atoms with Crippen molar-refractivity contribution in [1.82, 2.24) is 9.78 Å². The summed E-state index contributed by atoms with van der Waals surface area (Å²) >= 11 is 0. The molecule has 13 heavy (non-hydrogen) atoms. The fourth-order valence-electron chi connectivity index (χ4n) is 1.23. The smallest absolute Gasteiger partial charge is 0.152 e. The van der Waals surface area contributed by atoms with Crippen LogP contribution >= 0.6 is 0 Å². The van der Waals surface area contributed by atoms with Gasteiger partial charge in [-0.1, -0.05) is 0 Å². The number of ketones is 1. The highest BCUT2D eigenvalue weighted by Crippen LogP contribution is 2.13. The molecule has 0 bridgehead atoms. The Morgan fingerprint density at radius 3 is 2.46 bits per heavy atom. The van der Waals surface area contributed by atoms with Crippen molar-refractivity contribution >= 4 is 11.9 Å². The van der Waals surface area contributed by atoms with E-state index in [1.165, 1.54) is 6.92 Å². The number of aryl methyl sites for hydroxylation is 2. The number of carbonyl (C=O) groups excluding carboxylic acids is 1. The van der Waals surface area contributed by atoms with Crippen LogP contribution in [0.4, 0.5) is 0 Å². The van der Waals surface area contributed by atoms with E-state index in [9.17, 15) is 4.79 Å². The third kappa shape index (κ3) is 2.05. The van der Waals surface area contributed by atoms with E-state index >= 15 is 0 Å². The van der Waals surface area contributed by atoms with Gasteiger partial charge in [0.2, 0.25) is 0 Å². The molecule has 70 valence electrons. The second kappa shape index (κ2) is 3.56. The van der Waals surface area contributed by atoms with Crippen molar-refractivity contribution in [2.45, 2.75) is 20.8 Å². The van der Waals surface area contributed by atoms with Crippen LogP contribution in [0.3, 0.4) is 0 Å². The molecule has 1 heterocycles. The Bertz CT molecular complexity index is 361. The minimum absolute atomic E-state index is 0.0580. The van der Waals surface area contributed by atoms with Crippen LogP contribution < -0.4 is 0 Å². The first-order valence-electron chi connectivity index (χ1n) is 4.21. The molecule has 0 radical (unpaired) electrons. The average Bonchev–Trinajstić information content (AvgIpc) is 2.24. The quantitative estimate of drug-likeness (QED) is 0.645. The number of nitrogens with zero attached hydrogens (tertiary/aromatic N) is 2. The molecule has 3 heteroatoms. The number of allylic oxidation sites excluding steroid dienone is 1. The lowest BCUT2D eigenvalue weighted by Crippen LogP contribution is -1.92. The van der Waals surface area contributed by atoms with Gasteiger partial charge in [-0.25, -0.2) is 0 Å². The molecule has 0 spiro atoms. The Balaban J connectivity index is 3.07. The molecule has 0 saturated heterocycles. The second-order valence-electron chi connectivity index (χ2n) is 3.15. The van der Waals surface area contributed by atoms with Gasteiger partial charge >= 0.3 is 0 Å². The van der Waals surface area contributed by atoms with Crippen LogP contribution in [0.25, 0.3) is 6.08 Å². The lowest BCUT2D eigenvalue weighted by Gasteiger charge is -1.93. The molecule has 1 aromatic heterocycles. The third-order valence-electron chi connectivity index (χ3n) is 2.05. The Labute approximate surface area is 78.1 Å². The molecule has 0 aliphatic heterocycles. The lowest BCUT2D eigenvalue weighted by atomic mass is 10.2. The third-order valence-corrected chi connectivity index (χ3v) is 2.05. The van der Waals surface area contributed by atoms with Crippen LogP contribution in [0.5, 0.6) is 0 Å². The second-order valence-corrected chi connectivity index (χ2v) is 3.15. The molecule has 0 saturated carbocycles. The van der Waals surface area contributed by atoms with Crippen LogP contribution in [0.15, 0.2) is 6.08 Å².